The van der Waals surface area contributed by atoms with E-state index in [2.05, 4.69) is 34.8 Å². The Labute approximate surface area is 64.4 Å². The summed E-state index contributed by atoms with van der Waals surface area (Å²) in [6, 6.07) is 0. The molecule has 1 unspecified atom stereocenters. The van der Waals surface area contributed by atoms with E-state index in [1.165, 1.54) is 19.5 Å². The molecule has 1 nitrogen and oxygen atoms in total. The number of hydrogen-bond donors (Lipinski definition) is 1. The first-order valence-corrected chi connectivity index (χ1v) is 4.40. The van der Waals surface area contributed by atoms with Gasteiger partial charge in [0, 0.05) is 3.92 Å². The molecular formula is C6H12IN. The van der Waals surface area contributed by atoms with Crippen molar-refractivity contribution in [2.24, 2.45) is 5.92 Å². The Morgan fingerprint density at radius 2 is 2.50 bits per heavy atom. The highest BCUT2D eigenvalue weighted by Crippen LogP contribution is 2.18. The Morgan fingerprint density at radius 3 is 2.75 bits per heavy atom. The lowest BCUT2D eigenvalue weighted by atomic mass is 10.1. The summed E-state index contributed by atoms with van der Waals surface area (Å²) in [5.41, 5.74) is 0. The molecule has 0 aromatic carbocycles. The van der Waals surface area contributed by atoms with Gasteiger partial charge in [0.2, 0.25) is 0 Å². The Kier molecular flexibility index (Phi) is 2.56. The Morgan fingerprint density at radius 1 is 1.75 bits per heavy atom. The average molecular weight is 225 g/mol. The summed E-state index contributed by atoms with van der Waals surface area (Å²) < 4.78 is 0.850. The molecule has 0 bridgehead atoms. The van der Waals surface area contributed by atoms with Crippen molar-refractivity contribution in [2.45, 2.75) is 17.3 Å². The van der Waals surface area contributed by atoms with E-state index in [0.717, 1.165) is 9.84 Å². The minimum atomic E-state index is 0.850. The number of rotatable bonds is 1. The Hall–Kier alpha value is 0.690. The molecule has 0 radical (unpaired) electrons. The molecule has 1 rings (SSSR count). The number of alkyl halides is 1. The molecule has 1 aliphatic heterocycles. The summed E-state index contributed by atoms with van der Waals surface area (Å²) in [4.78, 5) is 0. The maximum Gasteiger partial charge on any atom is 0.0122 e. The third kappa shape index (κ3) is 1.58. The second-order valence-electron chi connectivity index (χ2n) is 2.43. The van der Waals surface area contributed by atoms with Crippen molar-refractivity contribution in [3.63, 3.8) is 0 Å². The molecular weight excluding hydrogens is 213 g/mol. The van der Waals surface area contributed by atoms with Crippen LogP contribution in [0.15, 0.2) is 0 Å². The quantitative estimate of drug-likeness (QED) is 0.525. The maximum atomic E-state index is 3.35. The normalized spacial score (nSPS) is 33.0. The number of hydrogen-bond acceptors (Lipinski definition) is 1. The zero-order valence-electron chi connectivity index (χ0n) is 5.15. The van der Waals surface area contributed by atoms with Crippen molar-refractivity contribution in [3.8, 4) is 0 Å². The van der Waals surface area contributed by atoms with E-state index in [1.54, 1.807) is 0 Å². The van der Waals surface area contributed by atoms with Crippen molar-refractivity contribution in [2.75, 3.05) is 13.1 Å². The first kappa shape index (κ1) is 6.81. The van der Waals surface area contributed by atoms with Crippen LogP contribution in [0.4, 0.5) is 0 Å². The van der Waals surface area contributed by atoms with Crippen LogP contribution in [0.5, 0.6) is 0 Å². The molecule has 0 aliphatic carbocycles. The van der Waals surface area contributed by atoms with E-state index in [4.69, 9.17) is 0 Å². The molecule has 1 N–H and O–H groups in total. The predicted octanol–water partition coefficient (Wildman–Crippen LogP) is 1.42. The van der Waals surface area contributed by atoms with E-state index >= 15 is 0 Å². The molecule has 2 heteroatoms. The van der Waals surface area contributed by atoms with Crippen molar-refractivity contribution in [1.29, 1.82) is 0 Å². The zero-order chi connectivity index (χ0) is 5.98. The van der Waals surface area contributed by atoms with Gasteiger partial charge in [-0.05, 0) is 25.4 Å². The van der Waals surface area contributed by atoms with Crippen molar-refractivity contribution in [1.82, 2.24) is 5.32 Å². The minimum Gasteiger partial charge on any atom is -0.316 e. The SMILES string of the molecule is CC(I)[C@@H]1CCNC1. The molecule has 2 atom stereocenters. The highest BCUT2D eigenvalue weighted by molar-refractivity contribution is 14.1. The van der Waals surface area contributed by atoms with Crippen LogP contribution < -0.4 is 5.32 Å². The lowest BCUT2D eigenvalue weighted by Crippen LogP contribution is -2.14. The van der Waals surface area contributed by atoms with Gasteiger partial charge in [0.1, 0.15) is 0 Å². The van der Waals surface area contributed by atoms with Crippen molar-refractivity contribution < 1.29 is 0 Å². The second-order valence-corrected chi connectivity index (χ2v) is 4.40. The highest BCUT2D eigenvalue weighted by Gasteiger charge is 2.17. The van der Waals surface area contributed by atoms with Gasteiger partial charge in [-0.1, -0.05) is 29.5 Å². The third-order valence-corrected chi connectivity index (χ3v) is 2.77. The van der Waals surface area contributed by atoms with E-state index in [1.807, 2.05) is 0 Å². The van der Waals surface area contributed by atoms with Crippen LogP contribution in [0.2, 0.25) is 0 Å². The fraction of sp³-hybridized carbons (Fsp3) is 1.00. The molecule has 1 aliphatic rings. The fourth-order valence-corrected chi connectivity index (χ4v) is 1.68. The zero-order valence-corrected chi connectivity index (χ0v) is 7.31. The van der Waals surface area contributed by atoms with Gasteiger partial charge in [-0.2, -0.15) is 0 Å². The molecule has 0 saturated carbocycles. The molecule has 0 aromatic heterocycles. The first-order valence-electron chi connectivity index (χ1n) is 3.15. The second kappa shape index (κ2) is 3.01. The van der Waals surface area contributed by atoms with Gasteiger partial charge in [-0.3, -0.25) is 0 Å². The molecule has 1 saturated heterocycles. The van der Waals surface area contributed by atoms with Crippen LogP contribution in [0.25, 0.3) is 0 Å². The lowest BCUT2D eigenvalue weighted by Gasteiger charge is -2.08. The molecule has 0 amide bonds. The van der Waals surface area contributed by atoms with Gasteiger partial charge in [0.25, 0.3) is 0 Å². The average Bonchev–Trinajstić information content (AvgIpc) is 2.12. The van der Waals surface area contributed by atoms with Crippen LogP contribution in [0.1, 0.15) is 13.3 Å². The Balaban J connectivity index is 2.24. The van der Waals surface area contributed by atoms with E-state index < -0.39 is 0 Å². The van der Waals surface area contributed by atoms with Crippen LogP contribution in [0, 0.1) is 5.92 Å². The standard InChI is InChI=1S/C6H12IN/c1-5(7)6-2-3-8-4-6/h5-6,8H,2-4H2,1H3/t5?,6-/m1/s1. The van der Waals surface area contributed by atoms with Gasteiger partial charge < -0.3 is 5.32 Å². The predicted molar refractivity (Wildman–Crippen MR) is 44.5 cm³/mol. The largest absolute Gasteiger partial charge is 0.316 e. The van der Waals surface area contributed by atoms with Crippen LogP contribution in [-0.4, -0.2) is 17.0 Å². The molecule has 1 heterocycles. The summed E-state index contributed by atoms with van der Waals surface area (Å²) in [5.74, 6) is 0.940. The molecule has 0 aromatic rings. The van der Waals surface area contributed by atoms with Crippen LogP contribution in [-0.2, 0) is 0 Å². The summed E-state index contributed by atoms with van der Waals surface area (Å²) in [6.07, 6.45) is 1.38. The number of halogens is 1. The summed E-state index contributed by atoms with van der Waals surface area (Å²) in [5, 5.41) is 3.35. The molecule has 1 fully saturated rings. The van der Waals surface area contributed by atoms with Crippen molar-refractivity contribution in [3.05, 3.63) is 0 Å². The van der Waals surface area contributed by atoms with Gasteiger partial charge >= 0.3 is 0 Å². The fourth-order valence-electron chi connectivity index (χ4n) is 1.07. The van der Waals surface area contributed by atoms with Gasteiger partial charge in [-0.25, -0.2) is 0 Å². The van der Waals surface area contributed by atoms with Crippen molar-refractivity contribution >= 4 is 22.6 Å². The smallest absolute Gasteiger partial charge is 0.0122 e. The monoisotopic (exact) mass is 225 g/mol. The number of nitrogens with one attached hydrogen (secondary N) is 1. The molecule has 8 heavy (non-hydrogen) atoms. The summed E-state index contributed by atoms with van der Waals surface area (Å²) in [6.45, 7) is 4.76. The van der Waals surface area contributed by atoms with Crippen LogP contribution >= 0.6 is 22.6 Å². The van der Waals surface area contributed by atoms with E-state index in [-0.39, 0.29) is 0 Å². The van der Waals surface area contributed by atoms with E-state index in [0.29, 0.717) is 0 Å². The molecule has 0 spiro atoms. The minimum absolute atomic E-state index is 0.850. The Bertz CT molecular complexity index is 66.9. The lowest BCUT2D eigenvalue weighted by molar-refractivity contribution is 0.592. The van der Waals surface area contributed by atoms with Gasteiger partial charge in [0.15, 0.2) is 0 Å². The van der Waals surface area contributed by atoms with E-state index in [9.17, 15) is 0 Å². The van der Waals surface area contributed by atoms with Gasteiger partial charge in [0.05, 0.1) is 0 Å². The summed E-state index contributed by atoms with van der Waals surface area (Å²) in [7, 11) is 0. The highest BCUT2D eigenvalue weighted by atomic mass is 127. The van der Waals surface area contributed by atoms with Crippen LogP contribution in [0.3, 0.4) is 0 Å². The van der Waals surface area contributed by atoms with Gasteiger partial charge in [-0.15, -0.1) is 0 Å². The summed E-state index contributed by atoms with van der Waals surface area (Å²) >= 11 is 2.50. The maximum absolute atomic E-state index is 3.35. The topological polar surface area (TPSA) is 12.0 Å². The third-order valence-electron chi connectivity index (χ3n) is 1.75. The first-order chi connectivity index (χ1) is 3.80. The molecule has 48 valence electrons.